The third kappa shape index (κ3) is 4.17. The minimum Gasteiger partial charge on any atom is -0.339 e. The first-order valence-electron chi connectivity index (χ1n) is 8.18. The van der Waals surface area contributed by atoms with Crippen molar-refractivity contribution in [1.82, 2.24) is 30.3 Å². The first-order valence-corrected chi connectivity index (χ1v) is 10.0. The Balaban J connectivity index is 1.27. The van der Waals surface area contributed by atoms with Gasteiger partial charge in [0.05, 0.1) is 11.4 Å². The van der Waals surface area contributed by atoms with E-state index in [1.807, 2.05) is 40.4 Å². The zero-order valence-electron chi connectivity index (χ0n) is 13.9. The van der Waals surface area contributed by atoms with E-state index in [9.17, 15) is 0 Å². The highest BCUT2D eigenvalue weighted by Gasteiger charge is 2.10. The lowest BCUT2D eigenvalue weighted by atomic mass is 10.2. The molecule has 3 aromatic heterocycles. The number of rotatable bonds is 8. The number of hydrogen-bond acceptors (Lipinski definition) is 8. The Labute approximate surface area is 158 Å². The number of thioether (sulfide) groups is 1. The van der Waals surface area contributed by atoms with Crippen molar-refractivity contribution >= 4 is 23.1 Å². The van der Waals surface area contributed by atoms with Crippen LogP contribution in [0.15, 0.2) is 57.5 Å². The second-order valence-electron chi connectivity index (χ2n) is 5.55. The molecule has 0 radical (unpaired) electrons. The van der Waals surface area contributed by atoms with Gasteiger partial charge in [-0.3, -0.25) is 0 Å². The third-order valence-corrected chi connectivity index (χ3v) is 5.56. The van der Waals surface area contributed by atoms with Crippen LogP contribution < -0.4 is 0 Å². The molecule has 1 aromatic carbocycles. The first kappa shape index (κ1) is 16.9. The second kappa shape index (κ2) is 8.24. The van der Waals surface area contributed by atoms with E-state index in [2.05, 4.69) is 37.8 Å². The van der Waals surface area contributed by atoms with Crippen molar-refractivity contribution in [1.29, 1.82) is 0 Å². The van der Waals surface area contributed by atoms with Crippen molar-refractivity contribution < 1.29 is 4.52 Å². The highest BCUT2D eigenvalue weighted by atomic mass is 32.2. The molecule has 3 heterocycles. The number of thiophene rings is 1. The molecule has 0 aliphatic rings. The average molecular weight is 384 g/mol. The zero-order chi connectivity index (χ0) is 17.6. The van der Waals surface area contributed by atoms with Gasteiger partial charge in [-0.15, -0.1) is 16.4 Å². The summed E-state index contributed by atoms with van der Waals surface area (Å²) in [6.45, 7) is 0.671. The maximum Gasteiger partial charge on any atom is 0.227 e. The Kier molecular flexibility index (Phi) is 5.36. The predicted octanol–water partition coefficient (Wildman–Crippen LogP) is 3.56. The van der Waals surface area contributed by atoms with Crippen molar-refractivity contribution in [3.05, 3.63) is 59.3 Å². The average Bonchev–Trinajstić information content (AvgIpc) is 3.42. The number of aryl methyl sites for hydroxylation is 1. The molecular formula is C17H16N6OS2. The van der Waals surface area contributed by atoms with Gasteiger partial charge in [-0.2, -0.15) is 4.98 Å². The van der Waals surface area contributed by atoms with Gasteiger partial charge in [0.15, 0.2) is 0 Å². The van der Waals surface area contributed by atoms with Gasteiger partial charge in [-0.1, -0.05) is 53.3 Å². The van der Waals surface area contributed by atoms with Crippen LogP contribution in [0, 0.1) is 0 Å². The summed E-state index contributed by atoms with van der Waals surface area (Å²) < 4.78 is 7.14. The van der Waals surface area contributed by atoms with E-state index < -0.39 is 0 Å². The monoisotopic (exact) mass is 384 g/mol. The van der Waals surface area contributed by atoms with E-state index in [4.69, 9.17) is 4.52 Å². The van der Waals surface area contributed by atoms with Crippen LogP contribution in [0.25, 0.3) is 10.7 Å². The largest absolute Gasteiger partial charge is 0.339 e. The van der Waals surface area contributed by atoms with Crippen LogP contribution >= 0.6 is 23.1 Å². The lowest BCUT2D eigenvalue weighted by molar-refractivity contribution is 0.378. The maximum atomic E-state index is 5.32. The van der Waals surface area contributed by atoms with Gasteiger partial charge in [0, 0.05) is 12.2 Å². The van der Waals surface area contributed by atoms with E-state index in [1.165, 1.54) is 5.56 Å². The Bertz CT molecular complexity index is 935. The summed E-state index contributed by atoms with van der Waals surface area (Å²) in [5.74, 6) is 2.21. The van der Waals surface area contributed by atoms with E-state index in [1.54, 1.807) is 23.1 Å². The summed E-state index contributed by atoms with van der Waals surface area (Å²) in [6.07, 6.45) is 1.65. The van der Waals surface area contributed by atoms with Crippen LogP contribution in [0.2, 0.25) is 0 Å². The molecule has 9 heteroatoms. The number of benzene rings is 1. The molecule has 0 N–H and O–H groups in total. The number of aromatic nitrogens is 6. The van der Waals surface area contributed by atoms with E-state index >= 15 is 0 Å². The van der Waals surface area contributed by atoms with Crippen molar-refractivity contribution in [2.45, 2.75) is 24.5 Å². The molecule has 4 rings (SSSR count). The van der Waals surface area contributed by atoms with E-state index in [-0.39, 0.29) is 0 Å². The summed E-state index contributed by atoms with van der Waals surface area (Å²) in [7, 11) is 0. The van der Waals surface area contributed by atoms with Crippen molar-refractivity contribution in [2.75, 3.05) is 5.75 Å². The highest BCUT2D eigenvalue weighted by Crippen LogP contribution is 2.22. The molecule has 0 spiro atoms. The molecule has 0 fully saturated rings. The molecular weight excluding hydrogens is 368 g/mol. The zero-order valence-corrected chi connectivity index (χ0v) is 15.5. The van der Waals surface area contributed by atoms with Gasteiger partial charge in [0.25, 0.3) is 0 Å². The maximum absolute atomic E-state index is 5.32. The number of nitrogens with zero attached hydrogens (tertiary/aromatic N) is 6. The highest BCUT2D eigenvalue weighted by molar-refractivity contribution is 7.99. The molecule has 0 aliphatic heterocycles. The Hall–Kier alpha value is -2.52. The standard InChI is InChI=1S/C17H16N6OS2/c1-2-6-13(7-3-1)12-23-17(19-21-22-23)26-11-5-9-15-18-16(20-24-15)14-8-4-10-25-14/h1-4,6-8,10H,5,9,11-12H2. The lowest BCUT2D eigenvalue weighted by Gasteiger charge is -2.04. The Morgan fingerprint density at radius 1 is 1.12 bits per heavy atom. The molecule has 0 unspecified atom stereocenters. The molecule has 0 saturated heterocycles. The minimum atomic E-state index is 0.662. The Morgan fingerprint density at radius 2 is 2.04 bits per heavy atom. The molecule has 4 aromatic rings. The quantitative estimate of drug-likeness (QED) is 0.339. The summed E-state index contributed by atoms with van der Waals surface area (Å²) >= 11 is 3.24. The Morgan fingerprint density at radius 3 is 2.88 bits per heavy atom. The van der Waals surface area contributed by atoms with Crippen LogP contribution in [0.1, 0.15) is 17.9 Å². The number of hydrogen-bond donors (Lipinski definition) is 0. The van der Waals surface area contributed by atoms with E-state index in [0.717, 1.165) is 28.6 Å². The van der Waals surface area contributed by atoms with Gasteiger partial charge in [-0.25, -0.2) is 4.68 Å². The van der Waals surface area contributed by atoms with Crippen molar-refractivity contribution in [2.24, 2.45) is 0 Å². The van der Waals surface area contributed by atoms with Crippen LogP contribution in [-0.4, -0.2) is 36.1 Å². The fourth-order valence-electron chi connectivity index (χ4n) is 2.40. The molecule has 132 valence electrons. The smallest absolute Gasteiger partial charge is 0.227 e. The summed E-state index contributed by atoms with van der Waals surface area (Å²) in [5.41, 5.74) is 1.17. The lowest BCUT2D eigenvalue weighted by Crippen LogP contribution is -2.04. The molecule has 0 atom stereocenters. The van der Waals surface area contributed by atoms with Crippen LogP contribution in [0.5, 0.6) is 0 Å². The summed E-state index contributed by atoms with van der Waals surface area (Å²) in [6, 6.07) is 14.1. The topological polar surface area (TPSA) is 82.5 Å². The SMILES string of the molecule is c1ccc(Cn2nnnc2SCCCc2nc(-c3cccs3)no2)cc1. The first-order chi connectivity index (χ1) is 12.9. The van der Waals surface area contributed by atoms with E-state index in [0.29, 0.717) is 18.3 Å². The normalized spacial score (nSPS) is 11.1. The van der Waals surface area contributed by atoms with Crippen molar-refractivity contribution in [3.63, 3.8) is 0 Å². The molecule has 0 amide bonds. The molecule has 0 saturated carbocycles. The molecule has 26 heavy (non-hydrogen) atoms. The fraction of sp³-hybridized carbons (Fsp3) is 0.235. The summed E-state index contributed by atoms with van der Waals surface area (Å²) in [5, 5.41) is 18.8. The second-order valence-corrected chi connectivity index (χ2v) is 7.56. The van der Waals surface area contributed by atoms with Crippen LogP contribution in [0.4, 0.5) is 0 Å². The molecule has 7 nitrogen and oxygen atoms in total. The van der Waals surface area contributed by atoms with Crippen molar-refractivity contribution in [3.8, 4) is 10.7 Å². The van der Waals surface area contributed by atoms with Gasteiger partial charge >= 0.3 is 0 Å². The van der Waals surface area contributed by atoms with Crippen LogP contribution in [-0.2, 0) is 13.0 Å². The van der Waals surface area contributed by atoms with Gasteiger partial charge < -0.3 is 4.52 Å². The third-order valence-electron chi connectivity index (χ3n) is 3.65. The summed E-state index contributed by atoms with van der Waals surface area (Å²) in [4.78, 5) is 5.46. The van der Waals surface area contributed by atoms with Gasteiger partial charge in [0.2, 0.25) is 16.9 Å². The fourth-order valence-corrected chi connectivity index (χ4v) is 3.87. The molecule has 0 aliphatic carbocycles. The predicted molar refractivity (Wildman–Crippen MR) is 100 cm³/mol. The molecule has 0 bridgehead atoms. The van der Waals surface area contributed by atoms with Crippen LogP contribution in [0.3, 0.4) is 0 Å². The number of tetrazole rings is 1. The van der Waals surface area contributed by atoms with Gasteiger partial charge in [-0.05, 0) is 33.9 Å². The van der Waals surface area contributed by atoms with Gasteiger partial charge in [0.1, 0.15) is 0 Å². The minimum absolute atomic E-state index is 0.662.